The second-order valence-corrected chi connectivity index (χ2v) is 10.9. The fourth-order valence-corrected chi connectivity index (χ4v) is 5.14. The molecule has 3 aromatic rings. The summed E-state index contributed by atoms with van der Waals surface area (Å²) >= 11 is 0. The number of hydrogen-bond acceptors (Lipinski definition) is 9. The van der Waals surface area contributed by atoms with Crippen LogP contribution in [-0.2, 0) is 19.7 Å². The minimum Gasteiger partial charge on any atom is -0.343 e. The van der Waals surface area contributed by atoms with E-state index in [0.717, 1.165) is 24.6 Å². The van der Waals surface area contributed by atoms with Crippen molar-refractivity contribution in [3.63, 3.8) is 0 Å². The lowest BCUT2D eigenvalue weighted by atomic mass is 10.1. The zero-order chi connectivity index (χ0) is 21.0. The third-order valence-electron chi connectivity index (χ3n) is 4.90. The Bertz CT molecular complexity index is 1320. The molecule has 1 unspecified atom stereocenters. The molecule has 1 saturated heterocycles. The van der Waals surface area contributed by atoms with Gasteiger partial charge in [0.1, 0.15) is 5.65 Å². The number of likely N-dealkylation sites (tertiary alicyclic amines) is 1. The van der Waals surface area contributed by atoms with Crippen LogP contribution in [0.5, 0.6) is 0 Å². The van der Waals surface area contributed by atoms with Gasteiger partial charge in [-0.25, -0.2) is 21.8 Å². The van der Waals surface area contributed by atoms with Gasteiger partial charge in [-0.1, -0.05) is 5.16 Å². The van der Waals surface area contributed by atoms with Crippen molar-refractivity contribution in [2.24, 2.45) is 0 Å². The van der Waals surface area contributed by atoms with Crippen LogP contribution >= 0.6 is 0 Å². The first-order valence-electron chi connectivity index (χ1n) is 8.61. The lowest BCUT2D eigenvalue weighted by molar-refractivity contribution is 0.329. The fraction of sp³-hybridized carbons (Fsp3) is 0.353. The summed E-state index contributed by atoms with van der Waals surface area (Å²) in [5.74, 6) is 0.143. The van der Waals surface area contributed by atoms with Crippen LogP contribution in [0.2, 0.25) is 0 Å². The van der Waals surface area contributed by atoms with Crippen molar-refractivity contribution in [2.45, 2.75) is 22.5 Å². The fourth-order valence-electron chi connectivity index (χ4n) is 3.56. The number of fused-ring (bicyclic) bond motifs is 1. The SMILES string of the molecule is CS(=O)(=O)c1noc(S(C)(=O)=O)c1-c1ccn2c(C3CCN(C#N)C3)cnc2c1. The molecule has 1 aliphatic heterocycles. The Morgan fingerprint density at radius 2 is 2.00 bits per heavy atom. The van der Waals surface area contributed by atoms with Crippen molar-refractivity contribution in [2.75, 3.05) is 25.6 Å². The summed E-state index contributed by atoms with van der Waals surface area (Å²) in [5, 5.41) is 11.6. The molecule has 152 valence electrons. The van der Waals surface area contributed by atoms with Crippen molar-refractivity contribution in [1.82, 2.24) is 19.4 Å². The summed E-state index contributed by atoms with van der Waals surface area (Å²) in [5.41, 5.74) is 1.68. The highest BCUT2D eigenvalue weighted by Crippen LogP contribution is 2.35. The summed E-state index contributed by atoms with van der Waals surface area (Å²) in [4.78, 5) is 6.07. The largest absolute Gasteiger partial charge is 0.343 e. The Balaban J connectivity index is 1.85. The van der Waals surface area contributed by atoms with E-state index in [-0.39, 0.29) is 11.5 Å². The molecule has 0 saturated carbocycles. The highest BCUT2D eigenvalue weighted by molar-refractivity contribution is 7.91. The molecule has 4 heterocycles. The average Bonchev–Trinajstić information content (AvgIpc) is 3.36. The molecule has 4 rings (SSSR count). The Morgan fingerprint density at radius 3 is 2.62 bits per heavy atom. The minimum absolute atomic E-state index is 0.0985. The maximum absolute atomic E-state index is 12.1. The second kappa shape index (κ2) is 6.57. The molecule has 0 bridgehead atoms. The number of nitrogens with zero attached hydrogens (tertiary/aromatic N) is 5. The number of aromatic nitrogens is 3. The van der Waals surface area contributed by atoms with Crippen LogP contribution in [0.1, 0.15) is 18.0 Å². The van der Waals surface area contributed by atoms with Crippen LogP contribution in [0.25, 0.3) is 16.8 Å². The number of nitriles is 1. The molecule has 0 aromatic carbocycles. The molecule has 0 aliphatic carbocycles. The van der Waals surface area contributed by atoms with Gasteiger partial charge >= 0.3 is 0 Å². The number of rotatable bonds is 4. The van der Waals surface area contributed by atoms with Gasteiger partial charge in [-0.3, -0.25) is 0 Å². The molecule has 10 nitrogen and oxygen atoms in total. The Labute approximate surface area is 167 Å². The van der Waals surface area contributed by atoms with Gasteiger partial charge in [-0.2, -0.15) is 5.26 Å². The van der Waals surface area contributed by atoms with E-state index in [1.165, 1.54) is 0 Å². The van der Waals surface area contributed by atoms with Crippen LogP contribution < -0.4 is 0 Å². The van der Waals surface area contributed by atoms with Crippen LogP contribution in [0.3, 0.4) is 0 Å². The summed E-state index contributed by atoms with van der Waals surface area (Å²) in [6.45, 7) is 1.29. The lowest BCUT2D eigenvalue weighted by Gasteiger charge is -2.10. The van der Waals surface area contributed by atoms with E-state index >= 15 is 0 Å². The quantitative estimate of drug-likeness (QED) is 0.550. The molecule has 1 aliphatic rings. The van der Waals surface area contributed by atoms with Crippen molar-refractivity contribution in [1.29, 1.82) is 5.26 Å². The van der Waals surface area contributed by atoms with E-state index in [4.69, 9.17) is 9.78 Å². The van der Waals surface area contributed by atoms with Gasteiger partial charge < -0.3 is 13.8 Å². The van der Waals surface area contributed by atoms with Crippen LogP contribution in [0.15, 0.2) is 39.2 Å². The number of pyridine rings is 1. The van der Waals surface area contributed by atoms with Crippen molar-refractivity contribution in [3.05, 3.63) is 30.2 Å². The zero-order valence-corrected chi connectivity index (χ0v) is 17.2. The minimum atomic E-state index is -3.85. The Kier molecular flexibility index (Phi) is 4.39. The maximum Gasteiger partial charge on any atom is 0.259 e. The van der Waals surface area contributed by atoms with E-state index in [1.54, 1.807) is 29.4 Å². The first kappa shape index (κ1) is 19.4. The molecule has 12 heteroatoms. The van der Waals surface area contributed by atoms with Crippen LogP contribution in [-0.4, -0.2) is 61.9 Å². The normalized spacial score (nSPS) is 17.7. The molecular weight excluding hydrogens is 418 g/mol. The standard InChI is InChI=1S/C17H17N5O5S2/c1-28(23,24)16-15(17(27-20-16)29(2,25)26)11-4-6-22-13(8-19-14(22)7-11)12-3-5-21(9-12)10-18/h4,6-8,12H,3,5,9H2,1-2H3. The summed E-state index contributed by atoms with van der Waals surface area (Å²) in [6, 6.07) is 3.20. The van der Waals surface area contributed by atoms with Gasteiger partial charge in [0, 0.05) is 49.6 Å². The predicted octanol–water partition coefficient (Wildman–Crippen LogP) is 1.07. The van der Waals surface area contributed by atoms with Gasteiger partial charge in [-0.05, 0) is 24.1 Å². The van der Waals surface area contributed by atoms with E-state index in [2.05, 4.69) is 16.3 Å². The van der Waals surface area contributed by atoms with Gasteiger partial charge in [0.25, 0.3) is 5.09 Å². The van der Waals surface area contributed by atoms with Crippen molar-refractivity contribution in [3.8, 4) is 17.3 Å². The Morgan fingerprint density at radius 1 is 1.24 bits per heavy atom. The number of hydrogen-bond donors (Lipinski definition) is 0. The molecule has 0 spiro atoms. The first-order valence-corrected chi connectivity index (χ1v) is 12.4. The Hall–Kier alpha value is -2.91. The molecule has 1 atom stereocenters. The summed E-state index contributed by atoms with van der Waals surface area (Å²) in [6.07, 6.45) is 8.25. The van der Waals surface area contributed by atoms with Crippen LogP contribution in [0, 0.1) is 11.5 Å². The molecule has 1 fully saturated rings. The second-order valence-electron chi connectivity index (χ2n) is 7.05. The zero-order valence-electron chi connectivity index (χ0n) is 15.6. The van der Waals surface area contributed by atoms with E-state index in [9.17, 15) is 16.8 Å². The van der Waals surface area contributed by atoms with Gasteiger partial charge in [-0.15, -0.1) is 0 Å². The maximum atomic E-state index is 12.1. The average molecular weight is 435 g/mol. The van der Waals surface area contributed by atoms with Crippen molar-refractivity contribution < 1.29 is 21.4 Å². The highest BCUT2D eigenvalue weighted by Gasteiger charge is 2.31. The third kappa shape index (κ3) is 3.36. The lowest BCUT2D eigenvalue weighted by Crippen LogP contribution is -2.13. The molecule has 0 radical (unpaired) electrons. The van der Waals surface area contributed by atoms with E-state index in [1.807, 2.05) is 4.40 Å². The first-order chi connectivity index (χ1) is 13.6. The van der Waals surface area contributed by atoms with Gasteiger partial charge in [0.2, 0.25) is 14.9 Å². The molecule has 0 amide bonds. The molecule has 3 aromatic heterocycles. The molecular formula is C17H17N5O5S2. The molecule has 29 heavy (non-hydrogen) atoms. The highest BCUT2D eigenvalue weighted by atomic mass is 32.2. The predicted molar refractivity (Wildman–Crippen MR) is 101 cm³/mol. The van der Waals surface area contributed by atoms with Crippen LogP contribution in [0.4, 0.5) is 0 Å². The monoisotopic (exact) mass is 435 g/mol. The van der Waals surface area contributed by atoms with Crippen molar-refractivity contribution >= 4 is 25.3 Å². The van der Waals surface area contributed by atoms with Gasteiger partial charge in [0.05, 0.1) is 5.56 Å². The third-order valence-corrected chi connectivity index (χ3v) is 6.83. The smallest absolute Gasteiger partial charge is 0.259 e. The topological polar surface area (TPSA) is 139 Å². The number of imidazole rings is 1. The molecule has 0 N–H and O–H groups in total. The van der Waals surface area contributed by atoms with E-state index in [0.29, 0.717) is 24.3 Å². The number of sulfone groups is 2. The van der Waals surface area contributed by atoms with Gasteiger partial charge in [0.15, 0.2) is 16.0 Å². The summed E-state index contributed by atoms with van der Waals surface area (Å²) < 4.78 is 55.1. The summed E-state index contributed by atoms with van der Waals surface area (Å²) in [7, 11) is -7.67. The van der Waals surface area contributed by atoms with E-state index < -0.39 is 29.8 Å².